The van der Waals surface area contributed by atoms with Gasteiger partial charge in [0.15, 0.2) is 0 Å². The minimum atomic E-state index is -0.927. The van der Waals surface area contributed by atoms with Crippen LogP contribution in [-0.2, 0) is 16.0 Å². The molecule has 0 radical (unpaired) electrons. The van der Waals surface area contributed by atoms with Gasteiger partial charge >= 0.3 is 11.8 Å². The Labute approximate surface area is 215 Å². The lowest BCUT2D eigenvalue weighted by Crippen LogP contribution is -2.40. The summed E-state index contributed by atoms with van der Waals surface area (Å²) in [5.41, 5.74) is 4.41. The van der Waals surface area contributed by atoms with E-state index < -0.39 is 17.7 Å². The molecule has 10 heteroatoms. The number of aromatic nitrogens is 1. The summed E-state index contributed by atoms with van der Waals surface area (Å²) in [6.07, 6.45) is 0.570. The van der Waals surface area contributed by atoms with E-state index in [1.807, 2.05) is 30.3 Å². The quantitative estimate of drug-likeness (QED) is 0.297. The van der Waals surface area contributed by atoms with Crippen LogP contribution in [0.5, 0.6) is 0 Å². The Morgan fingerprint density at radius 3 is 2.26 bits per heavy atom. The van der Waals surface area contributed by atoms with Crippen molar-refractivity contribution in [3.63, 3.8) is 0 Å². The van der Waals surface area contributed by atoms with Crippen LogP contribution in [0.15, 0.2) is 72.8 Å². The fraction of sp³-hybridized carbons (Fsp3) is 0.0800. The van der Waals surface area contributed by atoms with Crippen molar-refractivity contribution in [1.29, 1.82) is 0 Å². The number of rotatable bonds is 6. The highest BCUT2D eigenvalue weighted by atomic mass is 35.5. The third kappa shape index (κ3) is 5.95. The number of nitrogens with zero attached hydrogens (tertiary/aromatic N) is 1. The smallest absolute Gasteiger partial charge is 0.328 e. The van der Waals surface area contributed by atoms with Gasteiger partial charge in [-0.2, -0.15) is 0 Å². The van der Waals surface area contributed by atoms with Crippen molar-refractivity contribution in [2.75, 3.05) is 17.3 Å². The van der Waals surface area contributed by atoms with Gasteiger partial charge in [-0.25, -0.2) is 4.68 Å². The highest BCUT2D eigenvalue weighted by Crippen LogP contribution is 2.27. The summed E-state index contributed by atoms with van der Waals surface area (Å²) >= 11 is 18.2. The van der Waals surface area contributed by atoms with Gasteiger partial charge in [-0.05, 0) is 54.4 Å². The van der Waals surface area contributed by atoms with Crippen LogP contribution in [0, 0.1) is 0 Å². The Morgan fingerprint density at radius 2 is 1.51 bits per heavy atom. The van der Waals surface area contributed by atoms with Gasteiger partial charge in [0.2, 0.25) is 0 Å². The van der Waals surface area contributed by atoms with Crippen molar-refractivity contribution in [1.82, 2.24) is 9.99 Å². The number of benzene rings is 3. The van der Waals surface area contributed by atoms with Crippen molar-refractivity contribution in [3.05, 3.63) is 99.1 Å². The Balaban J connectivity index is 1.53. The number of amides is 3. The van der Waals surface area contributed by atoms with Crippen LogP contribution in [0.3, 0.4) is 0 Å². The molecule has 4 aromatic rings. The lowest BCUT2D eigenvalue weighted by atomic mass is 10.1. The van der Waals surface area contributed by atoms with E-state index in [9.17, 15) is 14.4 Å². The van der Waals surface area contributed by atoms with E-state index in [2.05, 4.69) is 16.1 Å². The van der Waals surface area contributed by atoms with Crippen LogP contribution in [-0.4, -0.2) is 28.9 Å². The van der Waals surface area contributed by atoms with Gasteiger partial charge in [-0.3, -0.25) is 19.8 Å². The molecule has 0 aliphatic heterocycles. The zero-order valence-electron chi connectivity index (χ0n) is 18.1. The van der Waals surface area contributed by atoms with Crippen LogP contribution in [0.25, 0.3) is 10.9 Å². The first-order valence-corrected chi connectivity index (χ1v) is 11.7. The number of hydrogen-bond acceptors (Lipinski definition) is 3. The van der Waals surface area contributed by atoms with E-state index >= 15 is 0 Å². The third-order valence-corrected chi connectivity index (χ3v) is 5.92. The first-order valence-electron chi connectivity index (χ1n) is 10.5. The lowest BCUT2D eigenvalue weighted by Gasteiger charge is -2.13. The average molecular weight is 530 g/mol. The van der Waals surface area contributed by atoms with E-state index in [0.717, 1.165) is 5.56 Å². The third-order valence-electron chi connectivity index (χ3n) is 5.14. The van der Waals surface area contributed by atoms with E-state index in [0.29, 0.717) is 33.1 Å². The zero-order chi connectivity index (χ0) is 24.9. The minimum Gasteiger partial charge on any atom is -0.347 e. The van der Waals surface area contributed by atoms with Crippen LogP contribution in [0.2, 0.25) is 15.1 Å². The second kappa shape index (κ2) is 10.8. The molecule has 1 heterocycles. The molecule has 0 aliphatic carbocycles. The van der Waals surface area contributed by atoms with E-state index in [4.69, 9.17) is 34.8 Å². The predicted octanol–water partition coefficient (Wildman–Crippen LogP) is 5.28. The number of nitrogens with one attached hydrogen (secondary N) is 3. The summed E-state index contributed by atoms with van der Waals surface area (Å²) in [6.45, 7) is 0.278. The van der Waals surface area contributed by atoms with Gasteiger partial charge in [-0.15, -0.1) is 0 Å². The maximum absolute atomic E-state index is 13.1. The van der Waals surface area contributed by atoms with Gasteiger partial charge in [-0.1, -0.05) is 65.1 Å². The average Bonchev–Trinajstić information content (AvgIpc) is 3.18. The summed E-state index contributed by atoms with van der Waals surface area (Å²) in [6, 6.07) is 20.6. The number of anilines is 1. The van der Waals surface area contributed by atoms with Crippen molar-refractivity contribution in [3.8, 4) is 0 Å². The SMILES string of the molecule is O=C(NCCc1ccccc1)C(=O)Nn1c(C(=O)Nc2ccc(Cl)cc2Cl)cc2cc(Cl)ccc21. The van der Waals surface area contributed by atoms with E-state index in [1.165, 1.54) is 10.7 Å². The molecule has 0 bridgehead atoms. The minimum absolute atomic E-state index is 0.0683. The van der Waals surface area contributed by atoms with E-state index in [1.54, 1.807) is 36.4 Å². The number of hydrogen-bond donors (Lipinski definition) is 3. The fourth-order valence-corrected chi connectivity index (χ4v) is 4.08. The second-order valence-corrected chi connectivity index (χ2v) is 8.86. The molecular weight excluding hydrogens is 511 g/mol. The summed E-state index contributed by atoms with van der Waals surface area (Å²) in [4.78, 5) is 38.2. The Bertz CT molecular complexity index is 1420. The highest BCUT2D eigenvalue weighted by molar-refractivity contribution is 6.38. The number of halogens is 3. The molecule has 0 saturated carbocycles. The Kier molecular flexibility index (Phi) is 7.60. The summed E-state index contributed by atoms with van der Waals surface area (Å²) in [5.74, 6) is -2.32. The first-order chi connectivity index (χ1) is 16.8. The lowest BCUT2D eigenvalue weighted by molar-refractivity contribution is -0.136. The maximum Gasteiger partial charge on any atom is 0.328 e. The fourth-order valence-electron chi connectivity index (χ4n) is 3.45. The van der Waals surface area contributed by atoms with E-state index in [-0.39, 0.29) is 17.3 Å². The normalized spacial score (nSPS) is 10.7. The van der Waals surface area contributed by atoms with Gasteiger partial charge in [0.1, 0.15) is 5.69 Å². The van der Waals surface area contributed by atoms with Crippen molar-refractivity contribution >= 4 is 69.1 Å². The van der Waals surface area contributed by atoms with Crippen LogP contribution in [0.1, 0.15) is 16.1 Å². The molecule has 7 nitrogen and oxygen atoms in total. The van der Waals surface area contributed by atoms with Crippen molar-refractivity contribution in [2.45, 2.75) is 6.42 Å². The summed E-state index contributed by atoms with van der Waals surface area (Å²) < 4.78 is 1.24. The van der Waals surface area contributed by atoms with Crippen molar-refractivity contribution < 1.29 is 14.4 Å². The van der Waals surface area contributed by atoms with Crippen LogP contribution < -0.4 is 16.1 Å². The Morgan fingerprint density at radius 1 is 0.800 bits per heavy atom. The first kappa shape index (κ1) is 24.6. The number of carbonyl (C=O) groups is 3. The molecule has 3 amide bonds. The predicted molar refractivity (Wildman–Crippen MR) is 139 cm³/mol. The molecule has 35 heavy (non-hydrogen) atoms. The molecule has 0 spiro atoms. The molecule has 3 aromatic carbocycles. The molecule has 0 saturated heterocycles. The highest BCUT2D eigenvalue weighted by Gasteiger charge is 2.21. The molecule has 4 rings (SSSR count). The molecule has 0 aliphatic rings. The molecule has 178 valence electrons. The standard InChI is InChI=1S/C25H19Cl3N4O3/c26-17-7-9-21-16(12-17)13-22(23(33)30-20-8-6-18(27)14-19(20)28)32(21)31-25(35)24(34)29-11-10-15-4-2-1-3-5-15/h1-9,12-14H,10-11H2,(H,29,34)(H,30,33)(H,31,35). The zero-order valence-corrected chi connectivity index (χ0v) is 20.4. The topological polar surface area (TPSA) is 92.2 Å². The van der Waals surface area contributed by atoms with Crippen LogP contribution in [0.4, 0.5) is 5.69 Å². The molecule has 0 unspecified atom stereocenters. The Hall–Kier alpha value is -3.52. The van der Waals surface area contributed by atoms with Gasteiger partial charge in [0, 0.05) is 22.0 Å². The van der Waals surface area contributed by atoms with Crippen LogP contribution >= 0.6 is 34.8 Å². The van der Waals surface area contributed by atoms with Crippen molar-refractivity contribution in [2.24, 2.45) is 0 Å². The number of carbonyl (C=O) groups excluding carboxylic acids is 3. The summed E-state index contributed by atoms with van der Waals surface area (Å²) in [7, 11) is 0. The second-order valence-electron chi connectivity index (χ2n) is 7.58. The molecule has 1 aromatic heterocycles. The molecule has 0 fully saturated rings. The maximum atomic E-state index is 13.1. The molecule has 3 N–H and O–H groups in total. The van der Waals surface area contributed by atoms with Gasteiger partial charge < -0.3 is 10.6 Å². The number of fused-ring (bicyclic) bond motifs is 1. The van der Waals surface area contributed by atoms with Gasteiger partial charge in [0.05, 0.1) is 16.2 Å². The molecule has 0 atom stereocenters. The molecular formula is C25H19Cl3N4O3. The summed E-state index contributed by atoms with van der Waals surface area (Å²) in [5, 5.41) is 6.99. The monoisotopic (exact) mass is 528 g/mol. The largest absolute Gasteiger partial charge is 0.347 e. The van der Waals surface area contributed by atoms with Gasteiger partial charge in [0.25, 0.3) is 5.91 Å².